The molecular formula is C17H13Cl2FN2O3. The fourth-order valence-electron chi connectivity index (χ4n) is 2.62. The summed E-state index contributed by atoms with van der Waals surface area (Å²) in [4.78, 5) is 25.9. The van der Waals surface area contributed by atoms with Gasteiger partial charge in [-0.15, -0.1) is 0 Å². The molecule has 2 aromatic rings. The second-order valence-corrected chi connectivity index (χ2v) is 6.26. The van der Waals surface area contributed by atoms with E-state index < -0.39 is 23.7 Å². The first-order valence-electron chi connectivity index (χ1n) is 7.32. The molecule has 1 atom stereocenters. The van der Waals surface area contributed by atoms with Crippen LogP contribution in [0.4, 0.5) is 15.8 Å². The van der Waals surface area contributed by atoms with Crippen molar-refractivity contribution in [1.29, 1.82) is 0 Å². The van der Waals surface area contributed by atoms with Gasteiger partial charge in [-0.3, -0.25) is 9.59 Å². The third kappa shape index (κ3) is 3.41. The summed E-state index contributed by atoms with van der Waals surface area (Å²) < 4.78 is 18.5. The van der Waals surface area contributed by atoms with E-state index in [4.69, 9.17) is 27.9 Å². The lowest BCUT2D eigenvalue weighted by atomic mass is 10.2. The van der Waals surface area contributed by atoms with Crippen LogP contribution in [0.1, 0.15) is 6.42 Å². The molecule has 1 heterocycles. The van der Waals surface area contributed by atoms with E-state index in [1.807, 2.05) is 0 Å². The number of carbonyl (C=O) groups is 2. The SMILES string of the molecule is COc1ccc(Cl)cc1N[C@@H]1CC(=O)N(c2ccc(F)c(Cl)c2)C1=O. The number of hydrogen-bond donors (Lipinski definition) is 1. The maximum Gasteiger partial charge on any atom is 0.256 e. The standard InChI is InChI=1S/C17H13Cl2FN2O3/c1-25-15-5-2-9(18)6-13(15)21-14-8-16(23)22(17(14)24)10-3-4-12(20)11(19)7-10/h2-7,14,21H,8H2,1H3/t14-/m1/s1. The Morgan fingerprint density at radius 1 is 1.20 bits per heavy atom. The van der Waals surface area contributed by atoms with E-state index in [1.165, 1.54) is 19.2 Å². The maximum absolute atomic E-state index is 13.3. The molecule has 25 heavy (non-hydrogen) atoms. The Morgan fingerprint density at radius 3 is 2.64 bits per heavy atom. The fourth-order valence-corrected chi connectivity index (χ4v) is 2.97. The number of imide groups is 1. The Labute approximate surface area is 153 Å². The number of ether oxygens (including phenoxy) is 1. The second kappa shape index (κ2) is 6.90. The molecule has 130 valence electrons. The average molecular weight is 383 g/mol. The Kier molecular flexibility index (Phi) is 4.83. The van der Waals surface area contributed by atoms with E-state index in [-0.39, 0.29) is 17.1 Å². The molecule has 0 spiro atoms. The molecule has 0 bridgehead atoms. The lowest BCUT2D eigenvalue weighted by Gasteiger charge is -2.17. The van der Waals surface area contributed by atoms with Crippen molar-refractivity contribution in [3.8, 4) is 5.75 Å². The number of nitrogens with one attached hydrogen (secondary N) is 1. The molecule has 0 aromatic heterocycles. The topological polar surface area (TPSA) is 58.6 Å². The lowest BCUT2D eigenvalue weighted by Crippen LogP contribution is -2.34. The quantitative estimate of drug-likeness (QED) is 0.815. The molecule has 1 N–H and O–H groups in total. The summed E-state index contributed by atoms with van der Waals surface area (Å²) >= 11 is 11.7. The first-order chi connectivity index (χ1) is 11.9. The molecule has 0 aliphatic carbocycles. The number of nitrogens with zero attached hydrogens (tertiary/aromatic N) is 1. The van der Waals surface area contributed by atoms with Gasteiger partial charge in [0.1, 0.15) is 17.6 Å². The fraction of sp³-hybridized carbons (Fsp3) is 0.176. The van der Waals surface area contributed by atoms with Crippen LogP contribution in [0.3, 0.4) is 0 Å². The highest BCUT2D eigenvalue weighted by molar-refractivity contribution is 6.32. The van der Waals surface area contributed by atoms with Crippen molar-refractivity contribution in [3.63, 3.8) is 0 Å². The van der Waals surface area contributed by atoms with Gasteiger partial charge >= 0.3 is 0 Å². The first kappa shape index (κ1) is 17.5. The van der Waals surface area contributed by atoms with Crippen LogP contribution in [-0.4, -0.2) is 25.0 Å². The highest BCUT2D eigenvalue weighted by Gasteiger charge is 2.40. The molecule has 2 aromatic carbocycles. The Balaban J connectivity index is 1.86. The van der Waals surface area contributed by atoms with Gasteiger partial charge in [-0.1, -0.05) is 23.2 Å². The summed E-state index contributed by atoms with van der Waals surface area (Å²) in [6, 6.07) is 7.82. The zero-order valence-electron chi connectivity index (χ0n) is 13.1. The number of rotatable bonds is 4. The van der Waals surface area contributed by atoms with Crippen LogP contribution in [0.25, 0.3) is 0 Å². The third-order valence-electron chi connectivity index (χ3n) is 3.80. The predicted octanol–water partition coefficient (Wildman–Crippen LogP) is 3.89. The number of benzene rings is 2. The molecule has 2 amide bonds. The van der Waals surface area contributed by atoms with Gasteiger partial charge in [0.15, 0.2) is 0 Å². The van der Waals surface area contributed by atoms with Gasteiger partial charge in [-0.05, 0) is 36.4 Å². The van der Waals surface area contributed by atoms with E-state index in [1.54, 1.807) is 18.2 Å². The van der Waals surface area contributed by atoms with E-state index in [2.05, 4.69) is 5.32 Å². The molecule has 1 aliphatic rings. The van der Waals surface area contributed by atoms with Gasteiger partial charge in [0.25, 0.3) is 5.91 Å². The van der Waals surface area contributed by atoms with Crippen molar-refractivity contribution in [3.05, 3.63) is 52.3 Å². The molecule has 0 radical (unpaired) electrons. The minimum absolute atomic E-state index is 0.0521. The predicted molar refractivity (Wildman–Crippen MR) is 93.9 cm³/mol. The van der Waals surface area contributed by atoms with Gasteiger partial charge in [0, 0.05) is 5.02 Å². The van der Waals surface area contributed by atoms with Gasteiger partial charge in [0.2, 0.25) is 5.91 Å². The molecule has 1 saturated heterocycles. The Bertz CT molecular complexity index is 860. The van der Waals surface area contributed by atoms with Crippen LogP contribution in [0, 0.1) is 5.82 Å². The summed E-state index contributed by atoms with van der Waals surface area (Å²) in [5.41, 5.74) is 0.726. The molecule has 5 nitrogen and oxygen atoms in total. The van der Waals surface area contributed by atoms with Crippen molar-refractivity contribution >= 4 is 46.4 Å². The van der Waals surface area contributed by atoms with E-state index in [0.29, 0.717) is 16.5 Å². The van der Waals surface area contributed by atoms with Crippen LogP contribution in [0.2, 0.25) is 10.0 Å². The Morgan fingerprint density at radius 2 is 1.96 bits per heavy atom. The summed E-state index contributed by atoms with van der Waals surface area (Å²) in [5.74, 6) is -1.00. The lowest BCUT2D eigenvalue weighted by molar-refractivity contribution is -0.121. The van der Waals surface area contributed by atoms with E-state index in [0.717, 1.165) is 11.0 Å². The number of methoxy groups -OCH3 is 1. The summed E-state index contributed by atoms with van der Waals surface area (Å²) in [6.07, 6.45) is -0.0521. The highest BCUT2D eigenvalue weighted by Crippen LogP contribution is 2.32. The van der Waals surface area contributed by atoms with Crippen molar-refractivity contribution in [1.82, 2.24) is 0 Å². The molecule has 1 fully saturated rings. The number of halogens is 3. The highest BCUT2D eigenvalue weighted by atomic mass is 35.5. The number of hydrogen-bond acceptors (Lipinski definition) is 4. The summed E-state index contributed by atoms with van der Waals surface area (Å²) in [7, 11) is 1.49. The zero-order valence-corrected chi connectivity index (χ0v) is 14.6. The molecule has 0 unspecified atom stereocenters. The normalized spacial score (nSPS) is 17.1. The molecule has 1 aliphatic heterocycles. The van der Waals surface area contributed by atoms with Crippen LogP contribution < -0.4 is 15.0 Å². The number of anilines is 2. The smallest absolute Gasteiger partial charge is 0.256 e. The van der Waals surface area contributed by atoms with Crippen molar-refractivity contribution in [2.45, 2.75) is 12.5 Å². The van der Waals surface area contributed by atoms with Crippen LogP contribution >= 0.6 is 23.2 Å². The maximum atomic E-state index is 13.3. The summed E-state index contributed by atoms with van der Waals surface area (Å²) in [6.45, 7) is 0. The van der Waals surface area contributed by atoms with Crippen molar-refractivity contribution in [2.75, 3.05) is 17.3 Å². The molecular weight excluding hydrogens is 370 g/mol. The van der Waals surface area contributed by atoms with Gasteiger partial charge in [0.05, 0.1) is 29.9 Å². The second-order valence-electron chi connectivity index (χ2n) is 5.41. The van der Waals surface area contributed by atoms with Crippen LogP contribution in [0.15, 0.2) is 36.4 Å². The number of carbonyl (C=O) groups excluding carboxylic acids is 2. The molecule has 0 saturated carbocycles. The zero-order chi connectivity index (χ0) is 18.1. The van der Waals surface area contributed by atoms with Gasteiger partial charge < -0.3 is 10.1 Å². The molecule has 3 rings (SSSR count). The Hall–Kier alpha value is -2.31. The van der Waals surface area contributed by atoms with Crippen LogP contribution in [0.5, 0.6) is 5.75 Å². The average Bonchev–Trinajstić information content (AvgIpc) is 2.84. The minimum Gasteiger partial charge on any atom is -0.495 e. The van der Waals surface area contributed by atoms with Gasteiger partial charge in [-0.25, -0.2) is 9.29 Å². The molecule has 8 heteroatoms. The van der Waals surface area contributed by atoms with Gasteiger partial charge in [-0.2, -0.15) is 0 Å². The van der Waals surface area contributed by atoms with Crippen molar-refractivity contribution in [2.24, 2.45) is 0 Å². The third-order valence-corrected chi connectivity index (χ3v) is 4.32. The van der Waals surface area contributed by atoms with E-state index >= 15 is 0 Å². The first-order valence-corrected chi connectivity index (χ1v) is 8.08. The van der Waals surface area contributed by atoms with Crippen molar-refractivity contribution < 1.29 is 18.7 Å². The minimum atomic E-state index is -0.788. The van der Waals surface area contributed by atoms with Crippen LogP contribution in [-0.2, 0) is 9.59 Å². The number of amides is 2. The largest absolute Gasteiger partial charge is 0.495 e. The monoisotopic (exact) mass is 382 g/mol. The van der Waals surface area contributed by atoms with E-state index in [9.17, 15) is 14.0 Å². The summed E-state index contributed by atoms with van der Waals surface area (Å²) in [5, 5.41) is 3.28.